The predicted molar refractivity (Wildman–Crippen MR) is 138 cm³/mol. The number of hydrogen-bond donors (Lipinski definition) is 2. The van der Waals surface area contributed by atoms with Crippen LogP contribution in [0.2, 0.25) is 0 Å². The molecule has 2 aromatic heterocycles. The molecular formula is C21H15B7F2N4O2. The summed E-state index contributed by atoms with van der Waals surface area (Å²) in [5, 5.41) is -1.68. The van der Waals surface area contributed by atoms with Gasteiger partial charge in [-0.1, -0.05) is 0 Å². The number of hydrogen-bond acceptors (Lipinski definition) is 4. The number of aryl methyl sites for hydroxylation is 1. The van der Waals surface area contributed by atoms with Gasteiger partial charge in [-0.3, -0.25) is 4.79 Å². The highest BCUT2D eigenvalue weighted by Crippen LogP contribution is 2.39. The number of nitrogens with one attached hydrogen (secondary N) is 2. The second-order valence-corrected chi connectivity index (χ2v) is 9.06. The van der Waals surface area contributed by atoms with E-state index >= 15 is 8.78 Å². The molecule has 4 rings (SSSR count). The fraction of sp³-hybridized carbons (Fsp3) is 0.333. The normalized spacial score (nSPS) is 22.3. The van der Waals surface area contributed by atoms with Crippen molar-refractivity contribution < 1.29 is 18.3 Å². The third-order valence-corrected chi connectivity index (χ3v) is 6.19. The Labute approximate surface area is 217 Å². The maximum absolute atomic E-state index is 15.3. The van der Waals surface area contributed by atoms with Crippen LogP contribution in [-0.2, 0) is 11.2 Å². The Balaban J connectivity index is 1.93. The number of rotatable bonds is 4. The van der Waals surface area contributed by atoms with Crippen LogP contribution in [0, 0.1) is 18.6 Å². The number of amides is 1. The van der Waals surface area contributed by atoms with Crippen molar-refractivity contribution in [1.82, 2.24) is 20.0 Å². The fourth-order valence-electron chi connectivity index (χ4n) is 4.09. The lowest BCUT2D eigenvalue weighted by atomic mass is 9.34. The number of carbonyl (C=O) groups excluding carboxylic acids is 1. The quantitative estimate of drug-likeness (QED) is 0.479. The molecule has 3 heterocycles. The smallest absolute Gasteiger partial charge is 0.251 e. The van der Waals surface area contributed by atoms with Crippen molar-refractivity contribution in [3.05, 3.63) is 58.9 Å². The first kappa shape index (κ1) is 26.7. The fourth-order valence-corrected chi connectivity index (χ4v) is 4.09. The Kier molecular flexibility index (Phi) is 6.36. The van der Waals surface area contributed by atoms with E-state index in [4.69, 9.17) is 59.7 Å². The molecule has 1 aliphatic rings. The maximum Gasteiger partial charge on any atom is 0.251 e. The van der Waals surface area contributed by atoms with Crippen LogP contribution < -0.4 is 10.6 Å². The average molecular weight is 469 g/mol. The lowest BCUT2D eigenvalue weighted by molar-refractivity contribution is -0.0877. The Hall–Kier alpha value is -2.39. The molecule has 3 aromatic rings. The number of benzene rings is 1. The summed E-state index contributed by atoms with van der Waals surface area (Å²) < 4.78 is 37.7. The average Bonchev–Trinajstić information content (AvgIpc) is 3.07. The van der Waals surface area contributed by atoms with Crippen LogP contribution in [0.5, 0.6) is 0 Å². The van der Waals surface area contributed by atoms with E-state index in [2.05, 4.69) is 15.6 Å². The van der Waals surface area contributed by atoms with Crippen LogP contribution in [0.15, 0.2) is 30.5 Å². The summed E-state index contributed by atoms with van der Waals surface area (Å²) in [5.41, 5.74) is -1.66. The Morgan fingerprint density at radius 1 is 1.08 bits per heavy atom. The molecule has 0 spiro atoms. The van der Waals surface area contributed by atoms with Crippen LogP contribution in [0.4, 0.5) is 8.78 Å². The van der Waals surface area contributed by atoms with Gasteiger partial charge in [0.25, 0.3) is 5.91 Å². The second-order valence-electron chi connectivity index (χ2n) is 9.06. The molecule has 1 aromatic carbocycles. The van der Waals surface area contributed by atoms with Gasteiger partial charge in [-0.15, -0.1) is 0 Å². The molecule has 36 heavy (non-hydrogen) atoms. The minimum Gasteiger partial charge on any atom is -0.397 e. The number of nitrogens with zero attached hydrogens (tertiary/aromatic N) is 2. The number of fused-ring (bicyclic) bond motifs is 1. The summed E-state index contributed by atoms with van der Waals surface area (Å²) in [5.74, 6) is -2.74. The van der Waals surface area contributed by atoms with Crippen LogP contribution in [0.25, 0.3) is 16.9 Å². The molecule has 6 nitrogen and oxygen atoms in total. The first-order chi connectivity index (χ1) is 16.5. The molecular weight excluding hydrogens is 454 g/mol. The number of imidazole rings is 1. The van der Waals surface area contributed by atoms with E-state index in [0.717, 1.165) is 17.7 Å². The van der Waals surface area contributed by atoms with Crippen molar-refractivity contribution in [3.8, 4) is 11.3 Å². The van der Waals surface area contributed by atoms with Crippen molar-refractivity contribution in [2.45, 2.75) is 34.9 Å². The number of carbonyl (C=O) groups is 1. The first-order valence-corrected chi connectivity index (χ1v) is 10.7. The van der Waals surface area contributed by atoms with Crippen LogP contribution >= 0.6 is 0 Å². The molecule has 1 fully saturated rings. The second kappa shape index (κ2) is 8.59. The van der Waals surface area contributed by atoms with Crippen molar-refractivity contribution in [2.75, 3.05) is 7.05 Å². The van der Waals surface area contributed by atoms with E-state index in [1.165, 1.54) is 11.4 Å². The maximum atomic E-state index is 15.3. The molecule has 1 aliphatic heterocycles. The van der Waals surface area contributed by atoms with Gasteiger partial charge in [0.1, 0.15) is 25.1 Å². The summed E-state index contributed by atoms with van der Waals surface area (Å²) in [6, 6.07) is 5.21. The van der Waals surface area contributed by atoms with Gasteiger partial charge in [0.2, 0.25) is 0 Å². The zero-order chi connectivity index (χ0) is 26.8. The number of aromatic nitrogens is 2. The molecule has 0 saturated carbocycles. The van der Waals surface area contributed by atoms with Crippen molar-refractivity contribution in [2.24, 2.45) is 0 Å². The topological polar surface area (TPSA) is 67.7 Å². The minimum absolute atomic E-state index is 0.139. The summed E-state index contributed by atoms with van der Waals surface area (Å²) in [4.78, 5) is 16.4. The highest BCUT2D eigenvalue weighted by atomic mass is 19.1. The van der Waals surface area contributed by atoms with Gasteiger partial charge in [0, 0.05) is 30.7 Å². The lowest BCUT2D eigenvalue weighted by Gasteiger charge is -2.65. The van der Waals surface area contributed by atoms with E-state index in [0.29, 0.717) is 5.65 Å². The van der Waals surface area contributed by atoms with E-state index in [-0.39, 0.29) is 17.0 Å². The SMILES string of the molecule is [B]C1([B])NC([B])([B])C([B])(Cc2c(-c3c(F)cc(C(=O)NC)cc3F)nc3cc(C)ccn23)OC1([B])[B]. The Bertz CT molecular complexity index is 1360. The zero-order valence-electron chi connectivity index (χ0n) is 19.6. The van der Waals surface area contributed by atoms with E-state index in [1.54, 1.807) is 18.3 Å². The van der Waals surface area contributed by atoms with Gasteiger partial charge in [0.05, 0.1) is 64.0 Å². The number of pyridine rings is 1. The molecule has 1 atom stereocenters. The molecule has 0 bridgehead atoms. The largest absolute Gasteiger partial charge is 0.397 e. The first-order valence-electron chi connectivity index (χ1n) is 10.7. The number of morpholine rings is 1. The zero-order valence-corrected chi connectivity index (χ0v) is 19.6. The summed E-state index contributed by atoms with van der Waals surface area (Å²) in [6.07, 6.45) is 1.21. The molecule has 1 amide bonds. The van der Waals surface area contributed by atoms with Gasteiger partial charge in [-0.05, 0) is 52.8 Å². The summed E-state index contributed by atoms with van der Waals surface area (Å²) in [6.45, 7) is 1.82. The Morgan fingerprint density at radius 3 is 2.28 bits per heavy atom. The van der Waals surface area contributed by atoms with Crippen molar-refractivity contribution in [1.29, 1.82) is 0 Å². The van der Waals surface area contributed by atoms with Gasteiger partial charge in [-0.2, -0.15) is 0 Å². The van der Waals surface area contributed by atoms with Crippen LogP contribution in [-0.4, -0.2) is 98.8 Å². The molecule has 1 saturated heterocycles. The minimum atomic E-state index is -2.26. The van der Waals surface area contributed by atoms with Crippen molar-refractivity contribution in [3.63, 3.8) is 0 Å². The lowest BCUT2D eigenvalue weighted by Crippen LogP contribution is -2.85. The van der Waals surface area contributed by atoms with Gasteiger partial charge >= 0.3 is 0 Å². The molecule has 14 radical (unpaired) electrons. The highest BCUT2D eigenvalue weighted by Gasteiger charge is 2.54. The number of halogens is 2. The third-order valence-electron chi connectivity index (χ3n) is 6.19. The van der Waals surface area contributed by atoms with Gasteiger partial charge in [0.15, 0.2) is 0 Å². The Morgan fingerprint density at radius 2 is 1.69 bits per heavy atom. The van der Waals surface area contributed by atoms with Crippen LogP contribution in [0.3, 0.4) is 0 Å². The van der Waals surface area contributed by atoms with Gasteiger partial charge in [-0.25, -0.2) is 13.8 Å². The standard InChI is InChI=1S/C21H15B7F2N4O2/c1-9-3-4-34-13(8-18(22)19(23,24)33-20(25,26)21(27,28)36-18)16(32-14(34)5-9)15-11(29)6-10(7-12(15)30)17(35)31-2/h3-7,33H,8H2,1-2H3,(H,31,35). The molecule has 0 aliphatic carbocycles. The van der Waals surface area contributed by atoms with E-state index in [9.17, 15) is 4.79 Å². The highest BCUT2D eigenvalue weighted by molar-refractivity contribution is 6.56. The van der Waals surface area contributed by atoms with E-state index in [1.807, 2.05) is 6.92 Å². The third kappa shape index (κ3) is 4.24. The summed E-state index contributed by atoms with van der Waals surface area (Å²) >= 11 is 0. The molecule has 166 valence electrons. The van der Waals surface area contributed by atoms with Gasteiger partial charge < -0.3 is 19.8 Å². The molecule has 15 heteroatoms. The molecule has 2 N–H and O–H groups in total. The number of ether oxygens (including phenoxy) is 1. The monoisotopic (exact) mass is 470 g/mol. The van der Waals surface area contributed by atoms with Crippen LogP contribution in [0.1, 0.15) is 21.6 Å². The predicted octanol–water partition coefficient (Wildman–Crippen LogP) is -1.05. The summed E-state index contributed by atoms with van der Waals surface area (Å²) in [7, 11) is 43.8. The molecule has 1 unspecified atom stereocenters. The van der Waals surface area contributed by atoms with Crippen molar-refractivity contribution >= 4 is 66.5 Å². The van der Waals surface area contributed by atoms with E-state index < -0.39 is 51.1 Å².